The average Bonchev–Trinajstić information content (AvgIpc) is 2.77. The Hall–Kier alpha value is -2.15. The van der Waals surface area contributed by atoms with Gasteiger partial charge < -0.3 is 0 Å². The minimum absolute atomic E-state index is 0.00590. The molecule has 0 aromatic heterocycles. The van der Waals surface area contributed by atoms with Crippen molar-refractivity contribution in [1.82, 2.24) is 0 Å². The molecular formula is C14H13N3O. The van der Waals surface area contributed by atoms with Crippen molar-refractivity contribution >= 4 is 17.3 Å². The number of nitrogens with zero attached hydrogens (tertiary/aromatic N) is 3. The topological polar surface area (TPSA) is 56.5 Å². The molecule has 4 nitrogen and oxygen atoms in total. The van der Waals surface area contributed by atoms with Gasteiger partial charge in [-0.25, -0.2) is 5.01 Å². The molecule has 0 spiro atoms. The highest BCUT2D eigenvalue weighted by Gasteiger charge is 2.40. The molecule has 2 aliphatic rings. The number of anilines is 1. The molecule has 0 saturated heterocycles. The zero-order valence-corrected chi connectivity index (χ0v) is 9.91. The molecule has 3 rings (SSSR count). The number of amides is 1. The van der Waals surface area contributed by atoms with E-state index in [4.69, 9.17) is 5.26 Å². The molecule has 18 heavy (non-hydrogen) atoms. The molecule has 1 aliphatic heterocycles. The van der Waals surface area contributed by atoms with E-state index in [0.29, 0.717) is 6.42 Å². The number of benzene rings is 1. The number of hydrogen-bond donors (Lipinski definition) is 0. The Bertz CT molecular complexity index is 544. The van der Waals surface area contributed by atoms with Crippen LogP contribution in [0.2, 0.25) is 0 Å². The lowest BCUT2D eigenvalue weighted by molar-refractivity contribution is -0.120. The summed E-state index contributed by atoms with van der Waals surface area (Å²) in [6.07, 6.45) is 2.21. The van der Waals surface area contributed by atoms with Crippen molar-refractivity contribution < 1.29 is 4.79 Å². The first kappa shape index (κ1) is 11.0. The van der Waals surface area contributed by atoms with Crippen molar-refractivity contribution in [2.45, 2.75) is 19.3 Å². The third-order valence-corrected chi connectivity index (χ3v) is 3.59. The van der Waals surface area contributed by atoms with Gasteiger partial charge in [-0.15, -0.1) is 0 Å². The fourth-order valence-electron chi connectivity index (χ4n) is 2.59. The Labute approximate surface area is 106 Å². The van der Waals surface area contributed by atoms with Crippen molar-refractivity contribution in [2.24, 2.45) is 16.9 Å². The predicted octanol–water partition coefficient (Wildman–Crippen LogP) is 2.33. The van der Waals surface area contributed by atoms with Gasteiger partial charge in [0.25, 0.3) is 5.91 Å². The number of hydrazone groups is 1. The van der Waals surface area contributed by atoms with Crippen molar-refractivity contribution in [3.8, 4) is 6.07 Å². The van der Waals surface area contributed by atoms with Crippen LogP contribution in [0.5, 0.6) is 0 Å². The third-order valence-electron chi connectivity index (χ3n) is 3.59. The molecule has 1 aromatic carbocycles. The van der Waals surface area contributed by atoms with Gasteiger partial charge in [-0.2, -0.15) is 10.4 Å². The van der Waals surface area contributed by atoms with Gasteiger partial charge in [-0.3, -0.25) is 4.79 Å². The first-order valence-electron chi connectivity index (χ1n) is 6.15. The van der Waals surface area contributed by atoms with Crippen LogP contribution in [0, 0.1) is 23.2 Å². The maximum absolute atomic E-state index is 12.3. The predicted molar refractivity (Wildman–Crippen MR) is 67.8 cm³/mol. The van der Waals surface area contributed by atoms with E-state index in [1.807, 2.05) is 30.3 Å². The summed E-state index contributed by atoms with van der Waals surface area (Å²) in [7, 11) is 0. The van der Waals surface area contributed by atoms with Crippen LogP contribution in [0.4, 0.5) is 5.69 Å². The molecule has 1 aromatic rings. The van der Waals surface area contributed by atoms with E-state index in [1.54, 1.807) is 0 Å². The monoisotopic (exact) mass is 239 g/mol. The van der Waals surface area contributed by atoms with Gasteiger partial charge in [0.05, 0.1) is 23.4 Å². The lowest BCUT2D eigenvalue weighted by atomic mass is 9.81. The van der Waals surface area contributed by atoms with Crippen molar-refractivity contribution in [2.75, 3.05) is 5.01 Å². The standard InChI is InChI=1S/C14H13N3O/c15-9-10-6-7-13-12(8-10)14(18)17(16-13)11-4-2-1-3-5-11/h1-5,10,12H,6-8H2. The molecule has 1 aliphatic carbocycles. The molecule has 1 saturated carbocycles. The number of rotatable bonds is 1. The SMILES string of the molecule is N#CC1CCC2=NN(c3ccccc3)C(=O)C2C1. The molecule has 90 valence electrons. The average molecular weight is 239 g/mol. The summed E-state index contributed by atoms with van der Waals surface area (Å²) in [6, 6.07) is 11.7. The Morgan fingerprint density at radius 3 is 2.83 bits per heavy atom. The molecule has 1 amide bonds. The first-order valence-corrected chi connectivity index (χ1v) is 6.15. The van der Waals surface area contributed by atoms with E-state index >= 15 is 0 Å². The highest BCUT2D eigenvalue weighted by Crippen LogP contribution is 2.34. The fraction of sp³-hybridized carbons (Fsp3) is 0.357. The normalized spacial score (nSPS) is 26.5. The summed E-state index contributed by atoms with van der Waals surface area (Å²) < 4.78 is 0. The summed E-state index contributed by atoms with van der Waals surface area (Å²) in [5.41, 5.74) is 1.74. The zero-order chi connectivity index (χ0) is 12.5. The smallest absolute Gasteiger partial charge is 0.256 e. The summed E-state index contributed by atoms with van der Waals surface area (Å²) in [5.74, 6) is -0.173. The van der Waals surface area contributed by atoms with Crippen molar-refractivity contribution in [1.29, 1.82) is 5.26 Å². The molecular weight excluding hydrogens is 226 g/mol. The third kappa shape index (κ3) is 1.68. The van der Waals surface area contributed by atoms with Crippen molar-refractivity contribution in [3.63, 3.8) is 0 Å². The van der Waals surface area contributed by atoms with E-state index in [1.165, 1.54) is 5.01 Å². The molecule has 1 heterocycles. The molecule has 1 fully saturated rings. The second kappa shape index (κ2) is 4.26. The molecule has 2 unspecified atom stereocenters. The Morgan fingerprint density at radius 2 is 2.11 bits per heavy atom. The zero-order valence-electron chi connectivity index (χ0n) is 9.91. The van der Waals surface area contributed by atoms with Crippen molar-refractivity contribution in [3.05, 3.63) is 30.3 Å². The maximum Gasteiger partial charge on any atom is 0.256 e. The fourth-order valence-corrected chi connectivity index (χ4v) is 2.59. The lowest BCUT2D eigenvalue weighted by Crippen LogP contribution is -2.31. The number of carbonyl (C=O) groups excluding carboxylic acids is 1. The van der Waals surface area contributed by atoms with Crippen LogP contribution in [0.1, 0.15) is 19.3 Å². The second-order valence-corrected chi connectivity index (χ2v) is 4.73. The number of hydrogen-bond acceptors (Lipinski definition) is 3. The van der Waals surface area contributed by atoms with Crippen LogP contribution in [0.25, 0.3) is 0 Å². The summed E-state index contributed by atoms with van der Waals surface area (Å²) >= 11 is 0. The molecule has 0 bridgehead atoms. The molecule has 2 atom stereocenters. The van der Waals surface area contributed by atoms with E-state index in [2.05, 4.69) is 11.2 Å². The lowest BCUT2D eigenvalue weighted by Gasteiger charge is -2.20. The first-order chi connectivity index (χ1) is 8.79. The molecule has 0 radical (unpaired) electrons. The van der Waals surface area contributed by atoms with Crippen LogP contribution >= 0.6 is 0 Å². The van der Waals surface area contributed by atoms with E-state index in [-0.39, 0.29) is 17.7 Å². The van der Waals surface area contributed by atoms with Gasteiger partial charge in [0.2, 0.25) is 0 Å². The Balaban J connectivity index is 1.88. The van der Waals surface area contributed by atoms with Crippen LogP contribution in [-0.4, -0.2) is 11.6 Å². The quantitative estimate of drug-likeness (QED) is 0.755. The number of fused-ring (bicyclic) bond motifs is 1. The highest BCUT2D eigenvalue weighted by atomic mass is 16.2. The van der Waals surface area contributed by atoms with E-state index < -0.39 is 0 Å². The summed E-state index contributed by atoms with van der Waals surface area (Å²) in [4.78, 5) is 12.3. The Morgan fingerprint density at radius 1 is 1.33 bits per heavy atom. The largest absolute Gasteiger partial charge is 0.272 e. The van der Waals surface area contributed by atoms with Gasteiger partial charge in [0.15, 0.2) is 0 Å². The number of nitriles is 1. The second-order valence-electron chi connectivity index (χ2n) is 4.73. The van der Waals surface area contributed by atoms with Gasteiger partial charge >= 0.3 is 0 Å². The van der Waals surface area contributed by atoms with Gasteiger partial charge in [0, 0.05) is 5.92 Å². The van der Waals surface area contributed by atoms with Gasteiger partial charge in [-0.1, -0.05) is 18.2 Å². The van der Waals surface area contributed by atoms with Crippen LogP contribution in [0.3, 0.4) is 0 Å². The van der Waals surface area contributed by atoms with Gasteiger partial charge in [-0.05, 0) is 31.4 Å². The minimum atomic E-state index is -0.177. The van der Waals surface area contributed by atoms with Gasteiger partial charge in [0.1, 0.15) is 0 Å². The van der Waals surface area contributed by atoms with E-state index in [9.17, 15) is 4.79 Å². The van der Waals surface area contributed by atoms with E-state index in [0.717, 1.165) is 24.2 Å². The minimum Gasteiger partial charge on any atom is -0.272 e. The van der Waals surface area contributed by atoms with Crippen LogP contribution in [0.15, 0.2) is 35.4 Å². The number of carbonyl (C=O) groups is 1. The number of para-hydroxylation sites is 1. The van der Waals surface area contributed by atoms with Crippen LogP contribution < -0.4 is 5.01 Å². The highest BCUT2D eigenvalue weighted by molar-refractivity contribution is 6.15. The van der Waals surface area contributed by atoms with Crippen LogP contribution in [-0.2, 0) is 4.79 Å². The summed E-state index contributed by atoms with van der Waals surface area (Å²) in [6.45, 7) is 0. The maximum atomic E-state index is 12.3. The Kier molecular flexibility index (Phi) is 2.60. The summed E-state index contributed by atoms with van der Waals surface area (Å²) in [5, 5.41) is 14.9. The molecule has 0 N–H and O–H groups in total. The molecule has 4 heteroatoms.